The second-order valence-electron chi connectivity index (χ2n) is 4.29. The highest BCUT2D eigenvalue weighted by Gasteiger charge is 2.19. The van der Waals surface area contributed by atoms with E-state index in [0.29, 0.717) is 36.0 Å². The van der Waals surface area contributed by atoms with Gasteiger partial charge in [-0.25, -0.2) is 0 Å². The van der Waals surface area contributed by atoms with Gasteiger partial charge in [0.1, 0.15) is 5.69 Å². The molecule has 0 bridgehead atoms. The lowest BCUT2D eigenvalue weighted by molar-refractivity contribution is 0.102. The van der Waals surface area contributed by atoms with E-state index in [4.69, 9.17) is 22.1 Å². The molecule has 0 atom stereocenters. The highest BCUT2D eigenvalue weighted by atomic mass is 35.5. The van der Waals surface area contributed by atoms with E-state index in [-0.39, 0.29) is 5.78 Å². The zero-order valence-electron chi connectivity index (χ0n) is 11.2. The number of ether oxygens (including phenoxy) is 1. The Hall–Kier alpha value is -1.69. The van der Waals surface area contributed by atoms with Crippen molar-refractivity contribution in [2.75, 3.05) is 13.7 Å². The summed E-state index contributed by atoms with van der Waals surface area (Å²) in [6.45, 7) is 1.39. The van der Waals surface area contributed by atoms with Gasteiger partial charge in [0.2, 0.25) is 5.78 Å². The Balaban J connectivity index is 2.29. The Kier molecular flexibility index (Phi) is 4.89. The van der Waals surface area contributed by atoms with Crippen LogP contribution in [0.4, 0.5) is 0 Å². The number of halogens is 1. The Morgan fingerprint density at radius 2 is 2.10 bits per heavy atom. The molecule has 0 aliphatic carbocycles. The van der Waals surface area contributed by atoms with Gasteiger partial charge < -0.3 is 10.5 Å². The van der Waals surface area contributed by atoms with Crippen molar-refractivity contribution in [2.45, 2.75) is 13.1 Å². The lowest BCUT2D eigenvalue weighted by Gasteiger charge is -2.07. The molecule has 1 aromatic heterocycles. The van der Waals surface area contributed by atoms with Crippen LogP contribution in [0, 0.1) is 0 Å². The Labute approximate surface area is 122 Å². The first-order valence-corrected chi connectivity index (χ1v) is 6.59. The Morgan fingerprint density at radius 1 is 1.40 bits per heavy atom. The minimum absolute atomic E-state index is 0.160. The minimum Gasteiger partial charge on any atom is -0.383 e. The predicted molar refractivity (Wildman–Crippen MR) is 76.9 cm³/mol. The summed E-state index contributed by atoms with van der Waals surface area (Å²) >= 11 is 6.06. The SMILES string of the molecule is COCCn1ncc(Cl)c1C(=O)c1ccc(CN)cc1. The zero-order valence-corrected chi connectivity index (χ0v) is 11.9. The summed E-state index contributed by atoms with van der Waals surface area (Å²) in [7, 11) is 1.60. The molecule has 5 nitrogen and oxygen atoms in total. The maximum atomic E-state index is 12.5. The van der Waals surface area contributed by atoms with Crippen molar-refractivity contribution in [1.82, 2.24) is 9.78 Å². The van der Waals surface area contributed by atoms with Crippen molar-refractivity contribution in [3.63, 3.8) is 0 Å². The summed E-state index contributed by atoms with van der Waals surface area (Å²) in [5.41, 5.74) is 7.45. The summed E-state index contributed by atoms with van der Waals surface area (Å²) in [4.78, 5) is 12.5. The number of hydrogen-bond donors (Lipinski definition) is 1. The van der Waals surface area contributed by atoms with Gasteiger partial charge in [-0.3, -0.25) is 9.48 Å². The van der Waals surface area contributed by atoms with Gasteiger partial charge in [0.05, 0.1) is 24.4 Å². The first-order chi connectivity index (χ1) is 9.67. The van der Waals surface area contributed by atoms with Gasteiger partial charge in [-0.2, -0.15) is 5.10 Å². The van der Waals surface area contributed by atoms with Crippen molar-refractivity contribution in [2.24, 2.45) is 5.73 Å². The molecule has 106 valence electrons. The third-order valence-corrected chi connectivity index (χ3v) is 3.25. The van der Waals surface area contributed by atoms with Gasteiger partial charge in [0.15, 0.2) is 0 Å². The van der Waals surface area contributed by atoms with Crippen LogP contribution < -0.4 is 5.73 Å². The van der Waals surface area contributed by atoms with Gasteiger partial charge in [-0.1, -0.05) is 35.9 Å². The highest BCUT2D eigenvalue weighted by Crippen LogP contribution is 2.19. The van der Waals surface area contributed by atoms with Crippen LogP contribution in [0.25, 0.3) is 0 Å². The predicted octanol–water partition coefficient (Wildman–Crippen LogP) is 1.87. The number of nitrogens with zero attached hydrogens (tertiary/aromatic N) is 2. The van der Waals surface area contributed by atoms with E-state index in [1.54, 1.807) is 23.9 Å². The van der Waals surface area contributed by atoms with Gasteiger partial charge in [-0.15, -0.1) is 0 Å². The van der Waals surface area contributed by atoms with Crippen LogP contribution in [0.1, 0.15) is 21.6 Å². The van der Waals surface area contributed by atoms with Crippen LogP contribution in [-0.4, -0.2) is 29.3 Å². The first-order valence-electron chi connectivity index (χ1n) is 6.21. The maximum absolute atomic E-state index is 12.5. The Morgan fingerprint density at radius 3 is 2.70 bits per heavy atom. The number of rotatable bonds is 6. The molecule has 0 spiro atoms. The van der Waals surface area contributed by atoms with Crippen LogP contribution in [0.5, 0.6) is 0 Å². The quantitative estimate of drug-likeness (QED) is 0.826. The van der Waals surface area contributed by atoms with Crippen molar-refractivity contribution in [3.05, 3.63) is 52.3 Å². The van der Waals surface area contributed by atoms with E-state index >= 15 is 0 Å². The molecule has 2 rings (SSSR count). The molecule has 1 aromatic carbocycles. The number of methoxy groups -OCH3 is 1. The molecule has 1 heterocycles. The fraction of sp³-hybridized carbons (Fsp3) is 0.286. The molecule has 0 unspecified atom stereocenters. The number of hydrogen-bond acceptors (Lipinski definition) is 4. The third kappa shape index (κ3) is 3.07. The molecular weight excluding hydrogens is 278 g/mol. The molecule has 6 heteroatoms. The van der Waals surface area contributed by atoms with Gasteiger partial charge in [0.25, 0.3) is 0 Å². The lowest BCUT2D eigenvalue weighted by atomic mass is 10.1. The number of ketones is 1. The van der Waals surface area contributed by atoms with Crippen molar-refractivity contribution in [3.8, 4) is 0 Å². The first kappa shape index (κ1) is 14.7. The molecule has 0 saturated carbocycles. The smallest absolute Gasteiger partial charge is 0.212 e. The number of benzene rings is 1. The standard InChI is InChI=1S/C14H16ClN3O2/c1-20-7-6-18-13(12(15)9-17-18)14(19)11-4-2-10(8-16)3-5-11/h2-5,9H,6-8,16H2,1H3. The number of carbonyl (C=O) groups excluding carboxylic acids is 1. The zero-order chi connectivity index (χ0) is 14.5. The summed E-state index contributed by atoms with van der Waals surface area (Å²) in [6, 6.07) is 7.15. The monoisotopic (exact) mass is 293 g/mol. The van der Waals surface area contributed by atoms with Gasteiger partial charge in [0, 0.05) is 19.2 Å². The molecule has 0 aliphatic heterocycles. The summed E-state index contributed by atoms with van der Waals surface area (Å²) in [5, 5.41) is 4.44. The fourth-order valence-corrected chi connectivity index (χ4v) is 2.09. The van der Waals surface area contributed by atoms with E-state index in [1.165, 1.54) is 6.20 Å². The lowest BCUT2D eigenvalue weighted by Crippen LogP contribution is -2.14. The van der Waals surface area contributed by atoms with Crippen LogP contribution in [-0.2, 0) is 17.8 Å². The van der Waals surface area contributed by atoms with Crippen molar-refractivity contribution in [1.29, 1.82) is 0 Å². The number of nitrogens with two attached hydrogens (primary N) is 1. The van der Waals surface area contributed by atoms with Crippen LogP contribution in [0.2, 0.25) is 5.02 Å². The topological polar surface area (TPSA) is 70.1 Å². The van der Waals surface area contributed by atoms with Crippen LogP contribution in [0.3, 0.4) is 0 Å². The molecule has 0 amide bonds. The largest absolute Gasteiger partial charge is 0.383 e. The van der Waals surface area contributed by atoms with E-state index in [9.17, 15) is 4.79 Å². The summed E-state index contributed by atoms with van der Waals surface area (Å²) < 4.78 is 6.56. The van der Waals surface area contributed by atoms with Gasteiger partial charge in [-0.05, 0) is 5.56 Å². The summed E-state index contributed by atoms with van der Waals surface area (Å²) in [6.07, 6.45) is 1.47. The number of aromatic nitrogens is 2. The summed E-state index contributed by atoms with van der Waals surface area (Å²) in [5.74, 6) is -0.160. The van der Waals surface area contributed by atoms with Crippen LogP contribution >= 0.6 is 11.6 Å². The van der Waals surface area contributed by atoms with E-state index < -0.39 is 0 Å². The highest BCUT2D eigenvalue weighted by molar-refractivity contribution is 6.34. The second-order valence-corrected chi connectivity index (χ2v) is 4.69. The minimum atomic E-state index is -0.160. The van der Waals surface area contributed by atoms with Crippen LogP contribution in [0.15, 0.2) is 30.5 Å². The van der Waals surface area contributed by atoms with Crippen molar-refractivity contribution >= 4 is 17.4 Å². The van der Waals surface area contributed by atoms with Crippen molar-refractivity contribution < 1.29 is 9.53 Å². The van der Waals surface area contributed by atoms with E-state index in [0.717, 1.165) is 5.56 Å². The molecule has 0 fully saturated rings. The molecule has 2 aromatic rings. The molecular formula is C14H16ClN3O2. The molecule has 0 saturated heterocycles. The van der Waals surface area contributed by atoms with E-state index in [1.807, 2.05) is 12.1 Å². The van der Waals surface area contributed by atoms with E-state index in [2.05, 4.69) is 5.10 Å². The average molecular weight is 294 g/mol. The maximum Gasteiger partial charge on any atom is 0.212 e. The third-order valence-electron chi connectivity index (χ3n) is 2.97. The fourth-order valence-electron chi connectivity index (χ4n) is 1.86. The Bertz CT molecular complexity index is 593. The molecule has 2 N–H and O–H groups in total. The number of carbonyl (C=O) groups is 1. The van der Waals surface area contributed by atoms with Gasteiger partial charge >= 0.3 is 0 Å². The normalized spacial score (nSPS) is 10.8. The molecule has 0 aliphatic rings. The second kappa shape index (κ2) is 6.65. The molecule has 20 heavy (non-hydrogen) atoms. The average Bonchev–Trinajstić information content (AvgIpc) is 2.85. The molecule has 0 radical (unpaired) electrons.